The number of likely N-dealkylation sites (N-methyl/N-ethyl adjacent to an activating group) is 1. The van der Waals surface area contributed by atoms with Crippen LogP contribution in [-0.2, 0) is 9.84 Å². The van der Waals surface area contributed by atoms with Crippen LogP contribution in [0.2, 0.25) is 0 Å². The second-order valence-corrected chi connectivity index (χ2v) is 7.12. The van der Waals surface area contributed by atoms with Gasteiger partial charge in [0.15, 0.2) is 0 Å². The highest BCUT2D eigenvalue weighted by Crippen LogP contribution is 2.39. The zero-order valence-corrected chi connectivity index (χ0v) is 9.39. The number of likely N-dealkylation sites (tertiary alicyclic amines) is 1. The molecule has 2 saturated heterocycles. The number of sulfone groups is 1. The molecule has 14 heavy (non-hydrogen) atoms. The zero-order chi connectivity index (χ0) is 10.4. The summed E-state index contributed by atoms with van der Waals surface area (Å²) in [5.41, 5.74) is 6.17. The van der Waals surface area contributed by atoms with Crippen molar-refractivity contribution in [1.29, 1.82) is 0 Å². The van der Waals surface area contributed by atoms with Crippen LogP contribution in [0.5, 0.6) is 0 Å². The van der Waals surface area contributed by atoms with Gasteiger partial charge in [-0.15, -0.1) is 0 Å². The van der Waals surface area contributed by atoms with E-state index >= 15 is 0 Å². The monoisotopic (exact) mass is 218 g/mol. The quantitative estimate of drug-likeness (QED) is 0.593. The van der Waals surface area contributed by atoms with Crippen molar-refractivity contribution in [1.82, 2.24) is 4.90 Å². The van der Waals surface area contributed by atoms with Crippen molar-refractivity contribution in [3.63, 3.8) is 0 Å². The maximum absolute atomic E-state index is 11.3. The maximum Gasteiger partial charge on any atom is 0.150 e. The third-order valence-corrected chi connectivity index (χ3v) is 5.35. The molecule has 2 heterocycles. The van der Waals surface area contributed by atoms with Gasteiger partial charge in [-0.3, -0.25) is 0 Å². The first kappa shape index (κ1) is 10.4. The zero-order valence-electron chi connectivity index (χ0n) is 8.57. The summed E-state index contributed by atoms with van der Waals surface area (Å²) in [6, 6.07) is 0.156. The van der Waals surface area contributed by atoms with E-state index in [2.05, 4.69) is 11.9 Å². The van der Waals surface area contributed by atoms with Gasteiger partial charge in [-0.05, 0) is 19.9 Å². The molecule has 82 valence electrons. The predicted octanol–water partition coefficient (Wildman–Crippen LogP) is -0.546. The predicted molar refractivity (Wildman–Crippen MR) is 55.8 cm³/mol. The summed E-state index contributed by atoms with van der Waals surface area (Å²) < 4.78 is 22.6. The third kappa shape index (κ3) is 1.68. The van der Waals surface area contributed by atoms with Gasteiger partial charge in [0.25, 0.3) is 0 Å². The molecule has 0 saturated carbocycles. The molecule has 0 aromatic rings. The second-order valence-electron chi connectivity index (χ2n) is 4.82. The number of hydrogen-bond acceptors (Lipinski definition) is 4. The highest BCUT2D eigenvalue weighted by atomic mass is 32.2. The lowest BCUT2D eigenvalue weighted by atomic mass is 9.78. The van der Waals surface area contributed by atoms with Crippen LogP contribution in [0.4, 0.5) is 0 Å². The molecule has 0 amide bonds. The van der Waals surface area contributed by atoms with Crippen LogP contribution < -0.4 is 5.73 Å². The minimum Gasteiger partial charge on any atom is -0.326 e. The van der Waals surface area contributed by atoms with E-state index in [0.29, 0.717) is 11.5 Å². The lowest BCUT2D eigenvalue weighted by molar-refractivity contribution is 0.235. The smallest absolute Gasteiger partial charge is 0.150 e. The molecule has 2 N–H and O–H groups in total. The topological polar surface area (TPSA) is 63.4 Å². The van der Waals surface area contributed by atoms with E-state index in [1.54, 1.807) is 0 Å². The van der Waals surface area contributed by atoms with Crippen LogP contribution in [-0.4, -0.2) is 51.0 Å². The molecule has 1 atom stereocenters. The molecule has 5 heteroatoms. The summed E-state index contributed by atoms with van der Waals surface area (Å²) in [6.07, 6.45) is 1.50. The van der Waals surface area contributed by atoms with E-state index in [1.165, 1.54) is 0 Å². The average molecular weight is 218 g/mol. The molecule has 2 aliphatic rings. The van der Waals surface area contributed by atoms with Gasteiger partial charge in [-0.25, -0.2) is 8.42 Å². The molecular formula is C9H18N2O2S. The average Bonchev–Trinajstić information content (AvgIpc) is 2.35. The van der Waals surface area contributed by atoms with Crippen molar-refractivity contribution < 1.29 is 8.42 Å². The summed E-state index contributed by atoms with van der Waals surface area (Å²) in [6.45, 7) is 1.86. The van der Waals surface area contributed by atoms with Crippen LogP contribution in [0.25, 0.3) is 0 Å². The second kappa shape index (κ2) is 3.18. The molecule has 4 nitrogen and oxygen atoms in total. The summed E-state index contributed by atoms with van der Waals surface area (Å²) in [5, 5.41) is 0. The highest BCUT2D eigenvalue weighted by molar-refractivity contribution is 7.91. The normalized spacial score (nSPS) is 36.3. The van der Waals surface area contributed by atoms with Crippen LogP contribution in [0.15, 0.2) is 0 Å². The van der Waals surface area contributed by atoms with Crippen molar-refractivity contribution in [2.75, 3.05) is 31.6 Å². The Labute approximate surface area is 85.4 Å². The first-order valence-electron chi connectivity index (χ1n) is 5.08. The van der Waals surface area contributed by atoms with Crippen molar-refractivity contribution >= 4 is 9.84 Å². The van der Waals surface area contributed by atoms with E-state index in [0.717, 1.165) is 25.9 Å². The molecule has 0 aliphatic carbocycles. The van der Waals surface area contributed by atoms with Gasteiger partial charge in [-0.2, -0.15) is 0 Å². The van der Waals surface area contributed by atoms with E-state index in [-0.39, 0.29) is 11.5 Å². The molecule has 2 aliphatic heterocycles. The Bertz CT molecular complexity index is 312. The maximum atomic E-state index is 11.3. The lowest BCUT2D eigenvalue weighted by Crippen LogP contribution is -2.46. The van der Waals surface area contributed by atoms with Crippen LogP contribution in [0.1, 0.15) is 12.8 Å². The van der Waals surface area contributed by atoms with Crippen LogP contribution in [0.3, 0.4) is 0 Å². The number of hydrogen-bond donors (Lipinski definition) is 1. The molecule has 0 radical (unpaired) electrons. The fourth-order valence-electron chi connectivity index (χ4n) is 2.72. The molecule has 0 aromatic carbocycles. The van der Waals surface area contributed by atoms with Crippen molar-refractivity contribution in [2.45, 2.75) is 18.9 Å². The Morgan fingerprint density at radius 1 is 1.36 bits per heavy atom. The Kier molecular flexibility index (Phi) is 2.36. The summed E-state index contributed by atoms with van der Waals surface area (Å²) in [7, 11) is -0.708. The Hall–Kier alpha value is -0.130. The van der Waals surface area contributed by atoms with Crippen molar-refractivity contribution in [2.24, 2.45) is 11.1 Å². The lowest BCUT2D eigenvalue weighted by Gasteiger charge is -2.36. The summed E-state index contributed by atoms with van der Waals surface area (Å²) in [5.74, 6) is 0.656. The van der Waals surface area contributed by atoms with Gasteiger partial charge in [0, 0.05) is 24.5 Å². The Morgan fingerprint density at radius 2 is 1.93 bits per heavy atom. The van der Waals surface area contributed by atoms with E-state index in [4.69, 9.17) is 5.73 Å². The minimum atomic E-state index is -2.76. The highest BCUT2D eigenvalue weighted by Gasteiger charge is 2.46. The van der Waals surface area contributed by atoms with Gasteiger partial charge in [-0.1, -0.05) is 0 Å². The van der Waals surface area contributed by atoms with Crippen LogP contribution in [0, 0.1) is 5.41 Å². The van der Waals surface area contributed by atoms with Gasteiger partial charge in [0.1, 0.15) is 9.84 Å². The molecule has 2 fully saturated rings. The number of rotatable bonds is 0. The largest absolute Gasteiger partial charge is 0.326 e. The van der Waals surface area contributed by atoms with Crippen LogP contribution >= 0.6 is 0 Å². The molecular weight excluding hydrogens is 200 g/mol. The first-order chi connectivity index (χ1) is 6.44. The number of nitrogens with two attached hydrogens (primary N) is 1. The summed E-state index contributed by atoms with van der Waals surface area (Å²) >= 11 is 0. The van der Waals surface area contributed by atoms with Gasteiger partial charge in [0.05, 0.1) is 11.5 Å². The van der Waals surface area contributed by atoms with E-state index < -0.39 is 9.84 Å². The molecule has 1 unspecified atom stereocenters. The molecule has 0 bridgehead atoms. The van der Waals surface area contributed by atoms with Crippen molar-refractivity contribution in [3.05, 3.63) is 0 Å². The minimum absolute atomic E-state index is 0.0834. The SMILES string of the molecule is CN1CC(N)C2(CCS(=O)(=O)CC2)C1. The van der Waals surface area contributed by atoms with E-state index in [9.17, 15) is 8.42 Å². The molecule has 2 rings (SSSR count). The standard InChI is InChI=1S/C9H18N2O2S/c1-11-6-8(10)9(7-11)2-4-14(12,13)5-3-9/h8H,2-7,10H2,1H3. The third-order valence-electron chi connectivity index (χ3n) is 3.70. The van der Waals surface area contributed by atoms with Gasteiger partial charge < -0.3 is 10.6 Å². The Morgan fingerprint density at radius 3 is 2.36 bits per heavy atom. The fourth-order valence-corrected chi connectivity index (χ4v) is 4.36. The first-order valence-corrected chi connectivity index (χ1v) is 6.90. The number of nitrogens with zero attached hydrogens (tertiary/aromatic N) is 1. The Balaban J connectivity index is 2.13. The van der Waals surface area contributed by atoms with Crippen molar-refractivity contribution in [3.8, 4) is 0 Å². The molecule has 1 spiro atoms. The van der Waals surface area contributed by atoms with E-state index in [1.807, 2.05) is 0 Å². The van der Waals surface area contributed by atoms with Gasteiger partial charge in [0.2, 0.25) is 0 Å². The van der Waals surface area contributed by atoms with Gasteiger partial charge >= 0.3 is 0 Å². The fraction of sp³-hybridized carbons (Fsp3) is 1.00. The molecule has 0 aromatic heterocycles. The summed E-state index contributed by atoms with van der Waals surface area (Å²) in [4.78, 5) is 2.21.